The van der Waals surface area contributed by atoms with Gasteiger partial charge in [-0.2, -0.15) is 0 Å². The Labute approximate surface area is 193 Å². The number of ether oxygens (including phenoxy) is 1. The largest absolute Gasteiger partial charge is 0.497 e. The first-order valence-corrected chi connectivity index (χ1v) is 10.4. The number of methoxy groups -OCH3 is 1. The fourth-order valence-corrected chi connectivity index (χ4v) is 3.83. The Kier molecular flexibility index (Phi) is 5.25. The van der Waals surface area contributed by atoms with Crippen LogP contribution in [0.1, 0.15) is 26.7 Å². The first-order valence-electron chi connectivity index (χ1n) is 10.4. The summed E-state index contributed by atoms with van der Waals surface area (Å²) in [4.78, 5) is 26.4. The molecule has 3 aromatic carbocycles. The number of carbonyl (C=O) groups is 2. The van der Waals surface area contributed by atoms with Crippen LogP contribution in [0.3, 0.4) is 0 Å². The van der Waals surface area contributed by atoms with E-state index < -0.39 is 17.6 Å². The maximum absolute atomic E-state index is 13.4. The SMILES string of the molecule is COc1ccc2oc(C)c(C(=O)Nc3c(C(=O)Nc4ccc(F)cc4)oc4ccccc34)c2c1. The van der Waals surface area contributed by atoms with Crippen LogP contribution in [0.2, 0.25) is 0 Å². The van der Waals surface area contributed by atoms with Gasteiger partial charge in [0.15, 0.2) is 0 Å². The summed E-state index contributed by atoms with van der Waals surface area (Å²) in [5.74, 6) is -0.558. The molecule has 170 valence electrons. The van der Waals surface area contributed by atoms with Crippen molar-refractivity contribution >= 4 is 45.1 Å². The Bertz CT molecular complexity index is 1550. The average molecular weight is 458 g/mol. The van der Waals surface area contributed by atoms with Crippen LogP contribution in [0.5, 0.6) is 5.75 Å². The molecule has 0 saturated heterocycles. The van der Waals surface area contributed by atoms with Crippen molar-refractivity contribution in [2.24, 2.45) is 0 Å². The van der Waals surface area contributed by atoms with Crippen molar-refractivity contribution in [2.45, 2.75) is 6.92 Å². The molecule has 0 aliphatic rings. The number of nitrogens with one attached hydrogen (secondary N) is 2. The van der Waals surface area contributed by atoms with Crippen molar-refractivity contribution in [3.8, 4) is 5.75 Å². The summed E-state index contributed by atoms with van der Waals surface area (Å²) in [5.41, 5.74) is 1.89. The molecule has 0 spiro atoms. The van der Waals surface area contributed by atoms with Crippen LogP contribution in [0.25, 0.3) is 21.9 Å². The smallest absolute Gasteiger partial charge is 0.293 e. The highest BCUT2D eigenvalue weighted by Crippen LogP contribution is 2.34. The van der Waals surface area contributed by atoms with Crippen molar-refractivity contribution in [2.75, 3.05) is 17.7 Å². The van der Waals surface area contributed by atoms with E-state index in [9.17, 15) is 14.0 Å². The van der Waals surface area contributed by atoms with Crippen molar-refractivity contribution in [1.29, 1.82) is 0 Å². The van der Waals surface area contributed by atoms with E-state index in [4.69, 9.17) is 13.6 Å². The third-order valence-electron chi connectivity index (χ3n) is 5.44. The third-order valence-corrected chi connectivity index (χ3v) is 5.44. The van der Waals surface area contributed by atoms with E-state index in [1.807, 2.05) is 0 Å². The van der Waals surface area contributed by atoms with Gasteiger partial charge in [0.25, 0.3) is 11.8 Å². The molecule has 0 saturated carbocycles. The van der Waals surface area contributed by atoms with E-state index in [2.05, 4.69) is 10.6 Å². The summed E-state index contributed by atoms with van der Waals surface area (Å²) >= 11 is 0. The standard InChI is InChI=1S/C26H19FN2O5/c1-14-22(19-13-17(32-2)11-12-21(19)33-14)25(30)29-23-18-5-3-4-6-20(18)34-24(23)26(31)28-16-9-7-15(27)8-10-16/h3-13H,1-2H3,(H,28,31)(H,29,30). The summed E-state index contributed by atoms with van der Waals surface area (Å²) in [5, 5.41) is 6.63. The van der Waals surface area contributed by atoms with Crippen molar-refractivity contribution in [3.05, 3.63) is 89.6 Å². The number of rotatable bonds is 5. The molecule has 0 radical (unpaired) electrons. The maximum Gasteiger partial charge on any atom is 0.293 e. The molecule has 0 bridgehead atoms. The number of fused-ring (bicyclic) bond motifs is 2. The molecule has 0 atom stereocenters. The molecule has 5 rings (SSSR count). The van der Waals surface area contributed by atoms with Gasteiger partial charge in [-0.3, -0.25) is 9.59 Å². The van der Waals surface area contributed by atoms with Crippen LogP contribution in [0, 0.1) is 12.7 Å². The van der Waals surface area contributed by atoms with Gasteiger partial charge in [0.1, 0.15) is 34.2 Å². The van der Waals surface area contributed by atoms with Crippen molar-refractivity contribution < 1.29 is 27.6 Å². The molecular formula is C26H19FN2O5. The number of hydrogen-bond donors (Lipinski definition) is 2. The second-order valence-corrected chi connectivity index (χ2v) is 7.61. The van der Waals surface area contributed by atoms with Crippen molar-refractivity contribution in [3.63, 3.8) is 0 Å². The molecule has 0 aliphatic carbocycles. The Hall–Kier alpha value is -4.59. The summed E-state index contributed by atoms with van der Waals surface area (Å²) < 4.78 is 30.0. The number of hydrogen-bond acceptors (Lipinski definition) is 5. The van der Waals surface area contributed by atoms with Gasteiger partial charge in [-0.15, -0.1) is 0 Å². The lowest BCUT2D eigenvalue weighted by atomic mass is 10.1. The van der Waals surface area contributed by atoms with E-state index >= 15 is 0 Å². The van der Waals surface area contributed by atoms with E-state index in [0.717, 1.165) is 0 Å². The topological polar surface area (TPSA) is 93.7 Å². The van der Waals surface area contributed by atoms with Crippen LogP contribution in [0.4, 0.5) is 15.8 Å². The molecule has 2 aromatic heterocycles. The molecule has 0 fully saturated rings. The Balaban J connectivity index is 1.54. The first kappa shape index (κ1) is 21.3. The molecule has 2 heterocycles. The molecule has 5 aromatic rings. The minimum Gasteiger partial charge on any atom is -0.497 e. The van der Waals surface area contributed by atoms with Crippen LogP contribution in [-0.2, 0) is 0 Å². The normalized spacial score (nSPS) is 11.0. The highest BCUT2D eigenvalue weighted by atomic mass is 19.1. The lowest BCUT2D eigenvalue weighted by Crippen LogP contribution is -2.17. The average Bonchev–Trinajstić information content (AvgIpc) is 3.37. The molecule has 2 N–H and O–H groups in total. The van der Waals surface area contributed by atoms with E-state index in [-0.39, 0.29) is 11.4 Å². The van der Waals surface area contributed by atoms with E-state index in [0.29, 0.717) is 44.7 Å². The molecule has 7 nitrogen and oxygen atoms in total. The number of carbonyl (C=O) groups excluding carboxylic acids is 2. The molecule has 0 unspecified atom stereocenters. The van der Waals surface area contributed by atoms with Gasteiger partial charge < -0.3 is 24.2 Å². The summed E-state index contributed by atoms with van der Waals surface area (Å²) in [6.07, 6.45) is 0. The number of anilines is 2. The van der Waals surface area contributed by atoms with Crippen LogP contribution < -0.4 is 15.4 Å². The van der Waals surface area contributed by atoms with Gasteiger partial charge in [0, 0.05) is 16.5 Å². The maximum atomic E-state index is 13.4. The molecule has 34 heavy (non-hydrogen) atoms. The Morgan fingerprint density at radius 2 is 1.59 bits per heavy atom. The van der Waals surface area contributed by atoms with Gasteiger partial charge in [0.05, 0.1) is 12.7 Å². The quantitative estimate of drug-likeness (QED) is 0.330. The summed E-state index contributed by atoms with van der Waals surface area (Å²) in [7, 11) is 1.54. The molecule has 8 heteroatoms. The summed E-state index contributed by atoms with van der Waals surface area (Å²) in [6, 6.07) is 17.5. The number of halogens is 1. The van der Waals surface area contributed by atoms with Gasteiger partial charge in [-0.05, 0) is 61.5 Å². The van der Waals surface area contributed by atoms with Gasteiger partial charge >= 0.3 is 0 Å². The molecule has 2 amide bonds. The van der Waals surface area contributed by atoms with E-state index in [1.54, 1.807) is 49.4 Å². The fraction of sp³-hybridized carbons (Fsp3) is 0.0769. The van der Waals surface area contributed by atoms with E-state index in [1.165, 1.54) is 31.4 Å². The first-order chi connectivity index (χ1) is 16.4. The molecular weight excluding hydrogens is 439 g/mol. The fourth-order valence-electron chi connectivity index (χ4n) is 3.83. The predicted octanol–water partition coefficient (Wildman–Crippen LogP) is 6.14. The van der Waals surface area contributed by atoms with Crippen molar-refractivity contribution in [1.82, 2.24) is 0 Å². The van der Waals surface area contributed by atoms with Gasteiger partial charge in [0.2, 0.25) is 5.76 Å². The Morgan fingerprint density at radius 1 is 0.853 bits per heavy atom. The number of furan rings is 2. The zero-order valence-electron chi connectivity index (χ0n) is 18.3. The highest BCUT2D eigenvalue weighted by Gasteiger charge is 2.25. The van der Waals surface area contributed by atoms with Gasteiger partial charge in [-0.25, -0.2) is 4.39 Å². The molecule has 0 aliphatic heterocycles. The van der Waals surface area contributed by atoms with Crippen LogP contribution in [0.15, 0.2) is 75.6 Å². The number of aryl methyl sites for hydroxylation is 1. The number of benzene rings is 3. The number of amides is 2. The monoisotopic (exact) mass is 458 g/mol. The minimum atomic E-state index is -0.589. The van der Waals surface area contributed by atoms with Crippen LogP contribution in [-0.4, -0.2) is 18.9 Å². The minimum absolute atomic E-state index is 0.0816. The zero-order valence-corrected chi connectivity index (χ0v) is 18.3. The zero-order chi connectivity index (χ0) is 23.8. The van der Waals surface area contributed by atoms with Gasteiger partial charge in [-0.1, -0.05) is 12.1 Å². The predicted molar refractivity (Wildman–Crippen MR) is 126 cm³/mol. The second-order valence-electron chi connectivity index (χ2n) is 7.61. The Morgan fingerprint density at radius 3 is 2.35 bits per heavy atom. The third kappa shape index (κ3) is 3.75. The second kappa shape index (κ2) is 8.40. The highest BCUT2D eigenvalue weighted by molar-refractivity contribution is 6.19. The van der Waals surface area contributed by atoms with Crippen LogP contribution >= 0.6 is 0 Å². The summed E-state index contributed by atoms with van der Waals surface area (Å²) in [6.45, 7) is 1.69. The lowest BCUT2D eigenvalue weighted by molar-refractivity contribution is 0.0999. The lowest BCUT2D eigenvalue weighted by Gasteiger charge is -2.08. The number of para-hydroxylation sites is 1.